The van der Waals surface area contributed by atoms with Crippen LogP contribution in [0.2, 0.25) is 5.02 Å². The normalized spacial score (nSPS) is 23.8. The highest BCUT2D eigenvalue weighted by atomic mass is 35.5. The molecule has 3 N–H and O–H groups in total. The molecule has 0 aliphatic heterocycles. The number of nitrogens with zero attached hydrogens (tertiary/aromatic N) is 2. The third-order valence-electron chi connectivity index (χ3n) is 4.85. The molecule has 1 fully saturated rings. The van der Waals surface area contributed by atoms with Gasteiger partial charge in [0.15, 0.2) is 5.82 Å². The van der Waals surface area contributed by atoms with Gasteiger partial charge in [-0.3, -0.25) is 4.79 Å². The Morgan fingerprint density at radius 3 is 2.73 bits per heavy atom. The van der Waals surface area contributed by atoms with Crippen LogP contribution >= 0.6 is 24.0 Å². The van der Waals surface area contributed by atoms with Gasteiger partial charge in [0, 0.05) is 16.1 Å². The Bertz CT molecular complexity index is 746. The van der Waals surface area contributed by atoms with E-state index < -0.39 is 5.54 Å². The van der Waals surface area contributed by atoms with Crippen molar-refractivity contribution in [1.82, 2.24) is 15.5 Å². The number of nitrogens with one attached hydrogen (secondary N) is 1. The van der Waals surface area contributed by atoms with E-state index in [-0.39, 0.29) is 30.3 Å². The molecule has 3 atom stereocenters. The van der Waals surface area contributed by atoms with Crippen molar-refractivity contribution in [3.63, 3.8) is 0 Å². The molecule has 0 radical (unpaired) electrons. The molecule has 8 heteroatoms. The van der Waals surface area contributed by atoms with Gasteiger partial charge in [0.25, 0.3) is 5.89 Å². The van der Waals surface area contributed by atoms with Crippen LogP contribution in [-0.4, -0.2) is 21.6 Å². The molecule has 1 aromatic heterocycles. The van der Waals surface area contributed by atoms with Gasteiger partial charge in [-0.2, -0.15) is 4.98 Å². The van der Waals surface area contributed by atoms with E-state index >= 15 is 0 Å². The third kappa shape index (κ3) is 4.55. The molecule has 1 saturated carbocycles. The van der Waals surface area contributed by atoms with Crippen LogP contribution in [0, 0.1) is 5.92 Å². The van der Waals surface area contributed by atoms with Gasteiger partial charge >= 0.3 is 0 Å². The van der Waals surface area contributed by atoms with Gasteiger partial charge in [-0.1, -0.05) is 29.6 Å². The number of hydrogen-bond acceptors (Lipinski definition) is 5. The highest BCUT2D eigenvalue weighted by molar-refractivity contribution is 6.30. The number of rotatable bonds is 4. The number of benzene rings is 1. The van der Waals surface area contributed by atoms with E-state index in [4.69, 9.17) is 21.9 Å². The van der Waals surface area contributed by atoms with Crippen molar-refractivity contribution < 1.29 is 9.32 Å². The smallest absolute Gasteiger partial charge is 0.257 e. The minimum atomic E-state index is -0.465. The molecule has 1 aliphatic carbocycles. The van der Waals surface area contributed by atoms with Crippen LogP contribution in [0.15, 0.2) is 28.8 Å². The molecule has 0 saturated heterocycles. The van der Waals surface area contributed by atoms with E-state index in [0.717, 1.165) is 31.2 Å². The second kappa shape index (κ2) is 8.37. The van der Waals surface area contributed by atoms with Crippen LogP contribution in [0.3, 0.4) is 0 Å². The molecule has 1 aromatic carbocycles. The summed E-state index contributed by atoms with van der Waals surface area (Å²) in [6.45, 7) is 3.79. The van der Waals surface area contributed by atoms with Crippen LogP contribution in [0.25, 0.3) is 11.5 Å². The molecule has 0 bridgehead atoms. The summed E-state index contributed by atoms with van der Waals surface area (Å²) < 4.78 is 5.30. The summed E-state index contributed by atoms with van der Waals surface area (Å²) in [5.74, 6) is 0.600. The van der Waals surface area contributed by atoms with Crippen molar-refractivity contribution in [2.75, 3.05) is 0 Å². The molecular formula is C18H24Cl2N4O2. The largest absolute Gasteiger partial charge is 0.346 e. The Morgan fingerprint density at radius 1 is 1.38 bits per heavy atom. The lowest BCUT2D eigenvalue weighted by atomic mass is 9.74. The molecule has 3 unspecified atom stereocenters. The molecule has 142 valence electrons. The summed E-state index contributed by atoms with van der Waals surface area (Å²) in [5, 5.41) is 7.59. The zero-order valence-electron chi connectivity index (χ0n) is 14.9. The fourth-order valence-electron chi connectivity index (χ4n) is 3.29. The summed E-state index contributed by atoms with van der Waals surface area (Å²) >= 11 is 5.88. The Kier molecular flexibility index (Phi) is 6.66. The van der Waals surface area contributed by atoms with Gasteiger partial charge in [0.1, 0.15) is 0 Å². The summed E-state index contributed by atoms with van der Waals surface area (Å²) in [5.41, 5.74) is 6.62. The molecule has 3 rings (SSSR count). The Morgan fingerprint density at radius 2 is 2.08 bits per heavy atom. The zero-order valence-corrected chi connectivity index (χ0v) is 16.4. The average molecular weight is 399 g/mol. The summed E-state index contributed by atoms with van der Waals surface area (Å²) in [6.07, 6.45) is 3.78. The second-order valence-corrected chi connectivity index (χ2v) is 7.44. The highest BCUT2D eigenvalue weighted by Crippen LogP contribution is 2.32. The lowest BCUT2D eigenvalue weighted by Gasteiger charge is -2.37. The van der Waals surface area contributed by atoms with Gasteiger partial charge in [0.2, 0.25) is 5.91 Å². The van der Waals surface area contributed by atoms with Crippen molar-refractivity contribution in [2.45, 2.75) is 51.1 Å². The molecule has 26 heavy (non-hydrogen) atoms. The first-order valence-electron chi connectivity index (χ1n) is 8.55. The zero-order chi connectivity index (χ0) is 18.0. The fraction of sp³-hybridized carbons (Fsp3) is 0.500. The van der Waals surface area contributed by atoms with Gasteiger partial charge < -0.3 is 15.6 Å². The number of aromatic nitrogens is 2. The third-order valence-corrected chi connectivity index (χ3v) is 5.10. The topological polar surface area (TPSA) is 94.0 Å². The van der Waals surface area contributed by atoms with Crippen LogP contribution in [0.1, 0.15) is 51.4 Å². The Labute approximate surface area is 164 Å². The van der Waals surface area contributed by atoms with E-state index in [1.165, 1.54) is 0 Å². The maximum atomic E-state index is 12.6. The summed E-state index contributed by atoms with van der Waals surface area (Å²) in [6, 6.07) is 6.79. The first-order valence-corrected chi connectivity index (χ1v) is 8.93. The molecule has 1 heterocycles. The van der Waals surface area contributed by atoms with E-state index in [1.807, 2.05) is 26.0 Å². The first-order chi connectivity index (χ1) is 11.9. The Hall–Kier alpha value is -1.63. The number of hydrogen-bond donors (Lipinski definition) is 2. The maximum absolute atomic E-state index is 12.6. The van der Waals surface area contributed by atoms with Crippen LogP contribution in [-0.2, 0) is 4.79 Å². The minimum Gasteiger partial charge on any atom is -0.346 e. The number of amides is 1. The number of carbonyl (C=O) groups is 1. The van der Waals surface area contributed by atoms with Gasteiger partial charge in [-0.05, 0) is 51.0 Å². The number of halogens is 2. The number of nitrogens with two attached hydrogens (primary N) is 1. The second-order valence-electron chi connectivity index (χ2n) is 7.00. The molecule has 0 spiro atoms. The van der Waals surface area contributed by atoms with Crippen molar-refractivity contribution in [3.05, 3.63) is 35.1 Å². The van der Waals surface area contributed by atoms with E-state index in [2.05, 4.69) is 15.5 Å². The van der Waals surface area contributed by atoms with E-state index in [0.29, 0.717) is 16.7 Å². The van der Waals surface area contributed by atoms with Gasteiger partial charge in [-0.25, -0.2) is 0 Å². The maximum Gasteiger partial charge on any atom is 0.257 e. The van der Waals surface area contributed by atoms with Crippen molar-refractivity contribution in [3.8, 4) is 11.5 Å². The van der Waals surface area contributed by atoms with Crippen molar-refractivity contribution in [1.29, 1.82) is 0 Å². The standard InChI is InChI=1S/C18H23ClN4O2.ClH/c1-11(21-16(24)14-5-3-4-10-18(14,2)20)15-22-17(25-23-15)12-6-8-13(19)9-7-12;/h6-9,11,14H,3-5,10,20H2,1-2H3,(H,21,24);1H. The lowest BCUT2D eigenvalue weighted by Crippen LogP contribution is -2.53. The minimum absolute atomic E-state index is 0. The average Bonchev–Trinajstić information content (AvgIpc) is 3.05. The predicted molar refractivity (Wildman–Crippen MR) is 103 cm³/mol. The van der Waals surface area contributed by atoms with E-state index in [1.54, 1.807) is 12.1 Å². The summed E-state index contributed by atoms with van der Waals surface area (Å²) in [4.78, 5) is 17.0. The molecule has 1 amide bonds. The van der Waals surface area contributed by atoms with Crippen LogP contribution in [0.4, 0.5) is 0 Å². The monoisotopic (exact) mass is 398 g/mol. The molecule has 1 aliphatic rings. The highest BCUT2D eigenvalue weighted by Gasteiger charge is 2.38. The lowest BCUT2D eigenvalue weighted by molar-refractivity contribution is -0.128. The van der Waals surface area contributed by atoms with Crippen LogP contribution < -0.4 is 11.1 Å². The van der Waals surface area contributed by atoms with Gasteiger partial charge in [-0.15, -0.1) is 12.4 Å². The molecule has 2 aromatic rings. The Balaban J connectivity index is 0.00000243. The SMILES string of the molecule is CC(NC(=O)C1CCCCC1(C)N)c1noc(-c2ccc(Cl)cc2)n1.Cl. The quantitative estimate of drug-likeness (QED) is 0.813. The van der Waals surface area contributed by atoms with E-state index in [9.17, 15) is 4.79 Å². The van der Waals surface area contributed by atoms with Gasteiger partial charge in [0.05, 0.1) is 12.0 Å². The van der Waals surface area contributed by atoms with Crippen molar-refractivity contribution >= 4 is 29.9 Å². The van der Waals surface area contributed by atoms with Crippen LogP contribution in [0.5, 0.6) is 0 Å². The first kappa shape index (κ1) is 20.7. The predicted octanol–water partition coefficient (Wildman–Crippen LogP) is 3.90. The summed E-state index contributed by atoms with van der Waals surface area (Å²) in [7, 11) is 0. The molecule has 6 nitrogen and oxygen atoms in total. The van der Waals surface area contributed by atoms with Crippen molar-refractivity contribution in [2.24, 2.45) is 11.7 Å². The molecular weight excluding hydrogens is 375 g/mol. The fourth-order valence-corrected chi connectivity index (χ4v) is 3.41. The number of carbonyl (C=O) groups excluding carboxylic acids is 1.